The third-order valence-electron chi connectivity index (χ3n) is 7.72. The summed E-state index contributed by atoms with van der Waals surface area (Å²) < 4.78 is 5.86. The number of carboxylic acids is 3. The molecule has 1 aliphatic rings. The van der Waals surface area contributed by atoms with E-state index in [0.29, 0.717) is 19.3 Å². The fourth-order valence-corrected chi connectivity index (χ4v) is 6.22. The van der Waals surface area contributed by atoms with E-state index in [1.54, 1.807) is 0 Å². The van der Waals surface area contributed by atoms with Crippen molar-refractivity contribution in [3.63, 3.8) is 0 Å². The molecule has 9 nitrogen and oxygen atoms in total. The Labute approximate surface area is 234 Å². The minimum atomic E-state index is -1.73. The molecule has 0 aromatic carbocycles. The van der Waals surface area contributed by atoms with Crippen molar-refractivity contribution < 1.29 is 39.2 Å². The lowest BCUT2D eigenvalue weighted by molar-refractivity contribution is -0.171. The lowest BCUT2D eigenvalue weighted by Gasteiger charge is -2.46. The summed E-state index contributed by atoms with van der Waals surface area (Å²) in [6.45, 7) is 10.2. The average molecular weight is 556 g/mol. The molecule has 9 heteroatoms. The Morgan fingerprint density at radius 3 is 1.62 bits per heavy atom. The molecule has 1 fully saturated rings. The van der Waals surface area contributed by atoms with Gasteiger partial charge in [-0.15, -0.1) is 0 Å². The van der Waals surface area contributed by atoms with Crippen molar-refractivity contribution in [3.8, 4) is 0 Å². The number of hydrogen-bond acceptors (Lipinski definition) is 6. The molecule has 226 valence electrons. The van der Waals surface area contributed by atoms with Gasteiger partial charge in [-0.25, -0.2) is 0 Å². The summed E-state index contributed by atoms with van der Waals surface area (Å²) in [5.41, 5.74) is -0.616. The largest absolute Gasteiger partial charge is 0.481 e. The molecule has 1 heterocycles. The highest BCUT2D eigenvalue weighted by molar-refractivity contribution is 5.88. The van der Waals surface area contributed by atoms with E-state index in [1.807, 2.05) is 27.7 Å². The maximum Gasteiger partial charge on any atom is 0.310 e. The predicted octanol–water partition coefficient (Wildman–Crippen LogP) is 6.03. The normalized spacial score (nSPS) is 19.1. The second kappa shape index (κ2) is 16.8. The molecule has 0 bridgehead atoms. The number of carboxylic acid groups (broad SMARTS) is 3. The Morgan fingerprint density at radius 2 is 1.21 bits per heavy atom. The number of piperidine rings is 1. The van der Waals surface area contributed by atoms with Gasteiger partial charge in [0.2, 0.25) is 0 Å². The van der Waals surface area contributed by atoms with E-state index in [1.165, 1.54) is 38.5 Å². The molecule has 0 aromatic heterocycles. The summed E-state index contributed by atoms with van der Waals surface area (Å²) in [4.78, 5) is 49.1. The number of carbonyl (C=O) groups is 4. The van der Waals surface area contributed by atoms with Gasteiger partial charge < -0.3 is 25.4 Å². The third kappa shape index (κ3) is 13.6. The summed E-state index contributed by atoms with van der Waals surface area (Å²) in [5.74, 6) is -9.84. The molecule has 1 aliphatic heterocycles. The fraction of sp³-hybridized carbons (Fsp3) is 0.867. The van der Waals surface area contributed by atoms with Gasteiger partial charge in [0.25, 0.3) is 0 Å². The van der Waals surface area contributed by atoms with Crippen LogP contribution in [0.5, 0.6) is 0 Å². The molecule has 39 heavy (non-hydrogen) atoms. The highest BCUT2D eigenvalue weighted by Crippen LogP contribution is 2.34. The summed E-state index contributed by atoms with van der Waals surface area (Å²) in [7, 11) is 0. The molecule has 0 aromatic rings. The van der Waals surface area contributed by atoms with Gasteiger partial charge in [-0.3, -0.25) is 19.2 Å². The zero-order valence-corrected chi connectivity index (χ0v) is 24.8. The van der Waals surface area contributed by atoms with E-state index in [9.17, 15) is 34.5 Å². The molecule has 1 rings (SSSR count). The molecular weight excluding hydrogens is 502 g/mol. The van der Waals surface area contributed by atoms with Crippen molar-refractivity contribution in [1.82, 2.24) is 5.32 Å². The van der Waals surface area contributed by atoms with Crippen LogP contribution in [0, 0.1) is 17.8 Å². The average Bonchev–Trinajstić information content (AvgIpc) is 2.78. The lowest BCUT2D eigenvalue weighted by atomic mass is 9.77. The second-order valence-electron chi connectivity index (χ2n) is 12.7. The number of hydrogen-bond donors (Lipinski definition) is 4. The van der Waals surface area contributed by atoms with Gasteiger partial charge >= 0.3 is 23.9 Å². The van der Waals surface area contributed by atoms with E-state index >= 15 is 0 Å². The Balaban J connectivity index is 2.89. The van der Waals surface area contributed by atoms with Crippen LogP contribution in [-0.2, 0) is 23.9 Å². The van der Waals surface area contributed by atoms with E-state index < -0.39 is 54.2 Å². The first-order valence-corrected chi connectivity index (χ1v) is 14.9. The van der Waals surface area contributed by atoms with Gasteiger partial charge in [0.15, 0.2) is 0 Å². The highest BCUT2D eigenvalue weighted by Gasteiger charge is 2.46. The van der Waals surface area contributed by atoms with Crippen LogP contribution in [0.1, 0.15) is 131 Å². The van der Waals surface area contributed by atoms with Crippen molar-refractivity contribution in [3.05, 3.63) is 0 Å². The molecular formula is C30H53NO8. The molecule has 4 N–H and O–H groups in total. The SMILES string of the molecule is CCCCCCCCCCCCCC(C(=O)OC1CC(C)(C)NC(C)(C)C1)C(C(=O)O)C(CC(=O)O)C(=O)O. The molecule has 0 aliphatic carbocycles. The third-order valence-corrected chi connectivity index (χ3v) is 7.72. The first kappa shape index (κ1) is 34.9. The van der Waals surface area contributed by atoms with Gasteiger partial charge in [-0.2, -0.15) is 0 Å². The summed E-state index contributed by atoms with van der Waals surface area (Å²) in [5, 5.41) is 32.5. The monoisotopic (exact) mass is 555 g/mol. The van der Waals surface area contributed by atoms with Crippen molar-refractivity contribution in [1.29, 1.82) is 0 Å². The molecule has 1 saturated heterocycles. The first-order valence-electron chi connectivity index (χ1n) is 14.9. The van der Waals surface area contributed by atoms with Crippen LogP contribution in [0.15, 0.2) is 0 Å². The molecule has 3 atom stereocenters. The highest BCUT2D eigenvalue weighted by atomic mass is 16.5. The number of aliphatic carboxylic acids is 3. The standard InChI is InChI=1S/C30H53NO8/c1-6-7-8-9-10-11-12-13-14-15-16-17-22(25(27(36)37)23(26(34)35)18-24(32)33)28(38)39-21-19-29(2,3)31-30(4,5)20-21/h21-23,25,31H,6-20H2,1-5H3,(H,32,33)(H,34,35)(H,36,37). The topological polar surface area (TPSA) is 150 Å². The van der Waals surface area contributed by atoms with Gasteiger partial charge in [0, 0.05) is 23.9 Å². The van der Waals surface area contributed by atoms with Crippen LogP contribution in [-0.4, -0.2) is 56.4 Å². The second-order valence-corrected chi connectivity index (χ2v) is 12.7. The van der Waals surface area contributed by atoms with Gasteiger partial charge in [-0.1, -0.05) is 77.6 Å². The summed E-state index contributed by atoms with van der Waals surface area (Å²) in [6.07, 6.45) is 11.8. The summed E-state index contributed by atoms with van der Waals surface area (Å²) in [6, 6.07) is 0. The van der Waals surface area contributed by atoms with Crippen LogP contribution in [0.3, 0.4) is 0 Å². The predicted molar refractivity (Wildman–Crippen MR) is 149 cm³/mol. The summed E-state index contributed by atoms with van der Waals surface area (Å²) >= 11 is 0. The Bertz CT molecular complexity index is 778. The van der Waals surface area contributed by atoms with Gasteiger partial charge in [0.05, 0.1) is 24.2 Å². The van der Waals surface area contributed by atoms with E-state index in [-0.39, 0.29) is 17.5 Å². The number of unbranched alkanes of at least 4 members (excludes halogenated alkanes) is 10. The maximum atomic E-state index is 13.5. The Hall–Kier alpha value is -2.16. The van der Waals surface area contributed by atoms with Crippen molar-refractivity contribution >= 4 is 23.9 Å². The van der Waals surface area contributed by atoms with Crippen LogP contribution >= 0.6 is 0 Å². The minimum Gasteiger partial charge on any atom is -0.481 e. The van der Waals surface area contributed by atoms with E-state index in [0.717, 1.165) is 25.7 Å². The minimum absolute atomic E-state index is 0.147. The zero-order valence-electron chi connectivity index (χ0n) is 24.8. The van der Waals surface area contributed by atoms with E-state index in [4.69, 9.17) is 4.74 Å². The Kier molecular flexibility index (Phi) is 15.0. The van der Waals surface area contributed by atoms with Crippen LogP contribution in [0.4, 0.5) is 0 Å². The molecule has 3 unspecified atom stereocenters. The lowest BCUT2D eigenvalue weighted by Crippen LogP contribution is -2.60. The number of rotatable bonds is 20. The van der Waals surface area contributed by atoms with Crippen molar-refractivity contribution in [2.75, 3.05) is 0 Å². The van der Waals surface area contributed by atoms with Crippen molar-refractivity contribution in [2.45, 2.75) is 148 Å². The number of esters is 1. The van der Waals surface area contributed by atoms with Crippen LogP contribution < -0.4 is 5.32 Å². The van der Waals surface area contributed by atoms with Crippen LogP contribution in [0.25, 0.3) is 0 Å². The van der Waals surface area contributed by atoms with E-state index in [2.05, 4.69) is 12.2 Å². The van der Waals surface area contributed by atoms with Gasteiger partial charge in [0.1, 0.15) is 6.10 Å². The van der Waals surface area contributed by atoms with Gasteiger partial charge in [-0.05, 0) is 34.1 Å². The quantitative estimate of drug-likeness (QED) is 0.104. The maximum absolute atomic E-state index is 13.5. The molecule has 0 saturated carbocycles. The van der Waals surface area contributed by atoms with Crippen LogP contribution in [0.2, 0.25) is 0 Å². The number of nitrogens with one attached hydrogen (secondary N) is 1. The molecule has 0 radical (unpaired) electrons. The Morgan fingerprint density at radius 1 is 0.744 bits per heavy atom. The first-order chi connectivity index (χ1) is 18.2. The number of ether oxygens (including phenoxy) is 1. The molecule has 0 spiro atoms. The molecule has 0 amide bonds. The fourth-order valence-electron chi connectivity index (χ4n) is 6.22. The smallest absolute Gasteiger partial charge is 0.310 e. The zero-order chi connectivity index (χ0) is 29.6. The number of carbonyl (C=O) groups excluding carboxylic acids is 1. The van der Waals surface area contributed by atoms with Crippen molar-refractivity contribution in [2.24, 2.45) is 17.8 Å².